The molecule has 0 heterocycles. The van der Waals surface area contributed by atoms with E-state index < -0.39 is 0 Å². The number of hydrogen-bond acceptors (Lipinski definition) is 4. The minimum absolute atomic E-state index is 0.0611. The lowest BCUT2D eigenvalue weighted by Crippen LogP contribution is -2.17. The van der Waals surface area contributed by atoms with Gasteiger partial charge < -0.3 is 9.47 Å². The first-order chi connectivity index (χ1) is 14.5. The topological polar surface area (TPSA) is 59.9 Å². The number of rotatable bonds is 7. The predicted molar refractivity (Wildman–Crippen MR) is 121 cm³/mol. The molecule has 0 saturated heterocycles. The number of hydrogen-bond donors (Lipinski definition) is 1. The Bertz CT molecular complexity index is 1090. The molecule has 0 radical (unpaired) electrons. The summed E-state index contributed by atoms with van der Waals surface area (Å²) in [5.41, 5.74) is 4.07. The van der Waals surface area contributed by atoms with Gasteiger partial charge in [-0.25, -0.2) is 9.82 Å². The molecule has 0 atom stereocenters. The Morgan fingerprint density at radius 1 is 1.10 bits per heavy atom. The highest BCUT2D eigenvalue weighted by molar-refractivity contribution is 9.10. The number of benzene rings is 3. The Morgan fingerprint density at radius 3 is 2.63 bits per heavy atom. The number of amides is 1. The van der Waals surface area contributed by atoms with E-state index >= 15 is 0 Å². The van der Waals surface area contributed by atoms with Gasteiger partial charge in [0.15, 0.2) is 11.5 Å². The van der Waals surface area contributed by atoms with Crippen LogP contribution in [0.3, 0.4) is 0 Å². The van der Waals surface area contributed by atoms with Crippen molar-refractivity contribution in [2.45, 2.75) is 6.61 Å². The van der Waals surface area contributed by atoms with Crippen molar-refractivity contribution in [3.05, 3.63) is 92.1 Å². The van der Waals surface area contributed by atoms with E-state index in [0.717, 1.165) is 4.47 Å². The maximum Gasteiger partial charge on any atom is 0.271 e. The average Bonchev–Trinajstić information content (AvgIpc) is 2.74. The first-order valence-corrected chi connectivity index (χ1v) is 10.4. The zero-order valence-corrected chi connectivity index (χ0v) is 19.0. The second kappa shape index (κ2) is 10.4. The van der Waals surface area contributed by atoms with Gasteiger partial charge >= 0.3 is 0 Å². The quantitative estimate of drug-likeness (QED) is 0.312. The molecule has 154 valence electrons. The van der Waals surface area contributed by atoms with E-state index in [1.807, 2.05) is 6.07 Å². The molecule has 3 aromatic carbocycles. The number of carbonyl (C=O) groups excluding carboxylic acids is 1. The van der Waals surface area contributed by atoms with E-state index in [4.69, 9.17) is 9.47 Å². The molecule has 1 N–H and O–H groups in total. The van der Waals surface area contributed by atoms with Crippen LogP contribution in [-0.4, -0.2) is 19.2 Å². The van der Waals surface area contributed by atoms with Crippen LogP contribution in [0.15, 0.2) is 74.7 Å². The monoisotopic (exact) mass is 534 g/mol. The lowest BCUT2D eigenvalue weighted by atomic mass is 10.2. The maximum atomic E-state index is 13.8. The fraction of sp³-hybridized carbons (Fsp3) is 0.0909. The highest BCUT2D eigenvalue weighted by Gasteiger charge is 2.11. The lowest BCUT2D eigenvalue weighted by molar-refractivity contribution is 0.0955. The third-order valence-corrected chi connectivity index (χ3v) is 5.26. The summed E-state index contributed by atoms with van der Waals surface area (Å²) in [6.07, 6.45) is 1.49. The summed E-state index contributed by atoms with van der Waals surface area (Å²) in [5, 5.41) is 4.00. The van der Waals surface area contributed by atoms with Gasteiger partial charge in [-0.3, -0.25) is 4.79 Å². The number of carbonyl (C=O) groups is 1. The van der Waals surface area contributed by atoms with Crippen LogP contribution in [-0.2, 0) is 6.61 Å². The molecule has 5 nitrogen and oxygen atoms in total. The molecule has 8 heteroatoms. The molecule has 0 saturated carbocycles. The van der Waals surface area contributed by atoms with Gasteiger partial charge in [-0.05, 0) is 52.3 Å². The van der Waals surface area contributed by atoms with Crippen LogP contribution < -0.4 is 14.9 Å². The Kier molecular flexibility index (Phi) is 7.59. The van der Waals surface area contributed by atoms with Crippen LogP contribution in [0.2, 0.25) is 0 Å². The van der Waals surface area contributed by atoms with E-state index in [1.165, 1.54) is 19.4 Å². The van der Waals surface area contributed by atoms with Crippen molar-refractivity contribution < 1.29 is 18.7 Å². The molecule has 0 unspecified atom stereocenters. The molecule has 0 aliphatic rings. The molecule has 0 fully saturated rings. The highest BCUT2D eigenvalue weighted by Crippen LogP contribution is 2.33. The van der Waals surface area contributed by atoms with Crippen molar-refractivity contribution in [2.24, 2.45) is 5.10 Å². The molecule has 0 spiro atoms. The predicted octanol–water partition coefficient (Wildman–Crippen LogP) is 5.70. The lowest BCUT2D eigenvalue weighted by Gasteiger charge is -2.13. The van der Waals surface area contributed by atoms with Gasteiger partial charge in [0.1, 0.15) is 12.4 Å². The number of ether oxygens (including phenoxy) is 2. The smallest absolute Gasteiger partial charge is 0.271 e. The standard InChI is InChI=1S/C22H17Br2FN2O3/c1-29-20-10-16(12-26-27-22(28)14-6-4-7-17(23)9-14)18(24)11-21(20)30-13-15-5-2-3-8-19(15)25/h2-12H,13H2,1H3,(H,27,28)/b26-12+. The molecule has 0 aromatic heterocycles. The number of hydrazone groups is 1. The van der Waals surface area contributed by atoms with Crippen LogP contribution in [0.1, 0.15) is 21.5 Å². The zero-order valence-electron chi connectivity index (χ0n) is 15.9. The first-order valence-electron chi connectivity index (χ1n) is 8.80. The van der Waals surface area contributed by atoms with Crippen LogP contribution >= 0.6 is 31.9 Å². The molecular formula is C22H17Br2FN2O3. The van der Waals surface area contributed by atoms with Gasteiger partial charge in [0.2, 0.25) is 0 Å². The van der Waals surface area contributed by atoms with Crippen LogP contribution in [0.4, 0.5) is 4.39 Å². The minimum Gasteiger partial charge on any atom is -0.493 e. The third-order valence-electron chi connectivity index (χ3n) is 4.08. The Labute approximate surface area is 190 Å². The number of halogens is 3. The van der Waals surface area contributed by atoms with Gasteiger partial charge in [0, 0.05) is 25.6 Å². The fourth-order valence-corrected chi connectivity index (χ4v) is 3.37. The van der Waals surface area contributed by atoms with E-state index in [9.17, 15) is 9.18 Å². The van der Waals surface area contributed by atoms with E-state index in [-0.39, 0.29) is 18.3 Å². The first kappa shape index (κ1) is 22.0. The normalized spacial score (nSPS) is 10.8. The summed E-state index contributed by atoms with van der Waals surface area (Å²) in [7, 11) is 1.51. The van der Waals surface area contributed by atoms with Crippen molar-refractivity contribution in [2.75, 3.05) is 7.11 Å². The van der Waals surface area contributed by atoms with Gasteiger partial charge in [0.05, 0.1) is 13.3 Å². The molecule has 1 amide bonds. The molecule has 3 rings (SSSR count). The van der Waals surface area contributed by atoms with Crippen molar-refractivity contribution in [3.8, 4) is 11.5 Å². The largest absolute Gasteiger partial charge is 0.493 e. The summed E-state index contributed by atoms with van der Waals surface area (Å²) in [5.74, 6) is 0.234. The second-order valence-corrected chi connectivity index (χ2v) is 7.88. The molecule has 0 bridgehead atoms. The maximum absolute atomic E-state index is 13.8. The SMILES string of the molecule is COc1cc(/C=N/NC(=O)c2cccc(Br)c2)c(Br)cc1OCc1ccccc1F. The summed E-state index contributed by atoms with van der Waals surface area (Å²) < 4.78 is 26.4. The van der Waals surface area contributed by atoms with Gasteiger partial charge in [0.25, 0.3) is 5.91 Å². The zero-order chi connectivity index (χ0) is 21.5. The van der Waals surface area contributed by atoms with Crippen molar-refractivity contribution in [1.82, 2.24) is 5.43 Å². The van der Waals surface area contributed by atoms with Gasteiger partial charge in [-0.15, -0.1) is 0 Å². The summed E-state index contributed by atoms with van der Waals surface area (Å²) in [6, 6.07) is 16.8. The second-order valence-electron chi connectivity index (χ2n) is 6.11. The van der Waals surface area contributed by atoms with Gasteiger partial charge in [-0.1, -0.05) is 40.2 Å². The Morgan fingerprint density at radius 2 is 1.90 bits per heavy atom. The van der Waals surface area contributed by atoms with Crippen molar-refractivity contribution in [3.63, 3.8) is 0 Å². The third kappa shape index (κ3) is 5.67. The summed E-state index contributed by atoms with van der Waals surface area (Å²) in [4.78, 5) is 12.2. The molecule has 0 aliphatic carbocycles. The highest BCUT2D eigenvalue weighted by atomic mass is 79.9. The minimum atomic E-state index is -0.333. The van der Waals surface area contributed by atoms with E-state index in [1.54, 1.807) is 48.5 Å². The van der Waals surface area contributed by atoms with Gasteiger partial charge in [-0.2, -0.15) is 5.10 Å². The van der Waals surface area contributed by atoms with Crippen LogP contribution in [0.25, 0.3) is 0 Å². The number of nitrogens with one attached hydrogen (secondary N) is 1. The number of nitrogens with zero attached hydrogens (tertiary/aromatic N) is 1. The number of methoxy groups -OCH3 is 1. The molecule has 3 aromatic rings. The average molecular weight is 536 g/mol. The van der Waals surface area contributed by atoms with Crippen molar-refractivity contribution in [1.29, 1.82) is 0 Å². The molecular weight excluding hydrogens is 519 g/mol. The summed E-state index contributed by atoms with van der Waals surface area (Å²) in [6.45, 7) is 0.0611. The van der Waals surface area contributed by atoms with Crippen LogP contribution in [0.5, 0.6) is 11.5 Å². The fourth-order valence-electron chi connectivity index (χ4n) is 2.55. The molecule has 0 aliphatic heterocycles. The Balaban J connectivity index is 1.71. The summed E-state index contributed by atoms with van der Waals surface area (Å²) >= 11 is 6.78. The Hall–Kier alpha value is -2.71. The van der Waals surface area contributed by atoms with E-state index in [2.05, 4.69) is 42.4 Å². The molecule has 30 heavy (non-hydrogen) atoms. The van der Waals surface area contributed by atoms with E-state index in [0.29, 0.717) is 32.7 Å². The van der Waals surface area contributed by atoms with Crippen LogP contribution in [0, 0.1) is 5.82 Å². The van der Waals surface area contributed by atoms with Crippen molar-refractivity contribution >= 4 is 44.0 Å².